The van der Waals surface area contributed by atoms with Crippen LogP contribution in [0.25, 0.3) is 0 Å². The first kappa shape index (κ1) is 14.9. The van der Waals surface area contributed by atoms with Gasteiger partial charge in [0.2, 0.25) is 0 Å². The highest BCUT2D eigenvalue weighted by atomic mass is 35.5. The van der Waals surface area contributed by atoms with Crippen LogP contribution >= 0.6 is 11.6 Å². The number of benzene rings is 2. The van der Waals surface area contributed by atoms with Crippen molar-refractivity contribution in [3.63, 3.8) is 0 Å². The Kier molecular flexibility index (Phi) is 4.18. The summed E-state index contributed by atoms with van der Waals surface area (Å²) in [6.45, 7) is 1.58. The summed E-state index contributed by atoms with van der Waals surface area (Å²) >= 11 is 5.81. The average Bonchev–Trinajstić information content (AvgIpc) is 2.42. The number of anilines is 1. The number of amides is 1. The lowest BCUT2D eigenvalue weighted by atomic mass is 10.1. The number of rotatable bonds is 3. The highest BCUT2D eigenvalue weighted by molar-refractivity contribution is 6.33. The van der Waals surface area contributed by atoms with Gasteiger partial charge in [0, 0.05) is 17.2 Å². The molecular weight excluding hydrogens is 299 g/mol. The summed E-state index contributed by atoms with van der Waals surface area (Å²) in [6.07, 6.45) is 0. The Morgan fingerprint density at radius 1 is 1.29 bits per heavy atom. The van der Waals surface area contributed by atoms with Crippen LogP contribution < -0.4 is 5.32 Å². The van der Waals surface area contributed by atoms with Crippen LogP contribution in [-0.2, 0) is 0 Å². The normalized spacial score (nSPS) is 10.2. The second kappa shape index (κ2) is 5.88. The fourth-order valence-corrected chi connectivity index (χ4v) is 1.95. The van der Waals surface area contributed by atoms with Crippen molar-refractivity contribution in [1.82, 2.24) is 0 Å². The van der Waals surface area contributed by atoms with Crippen molar-refractivity contribution < 1.29 is 14.1 Å². The third-order valence-electron chi connectivity index (χ3n) is 2.85. The minimum absolute atomic E-state index is 0.0463. The summed E-state index contributed by atoms with van der Waals surface area (Å²) in [5.74, 6) is -1.09. The second-order valence-corrected chi connectivity index (χ2v) is 4.74. The van der Waals surface area contributed by atoms with Crippen LogP contribution in [0.4, 0.5) is 15.8 Å². The van der Waals surface area contributed by atoms with E-state index in [9.17, 15) is 19.3 Å². The first-order valence-corrected chi connectivity index (χ1v) is 6.27. The zero-order valence-corrected chi connectivity index (χ0v) is 11.6. The molecule has 0 saturated heterocycles. The summed E-state index contributed by atoms with van der Waals surface area (Å²) in [6, 6.07) is 7.67. The van der Waals surface area contributed by atoms with Crippen molar-refractivity contribution in [1.29, 1.82) is 0 Å². The number of carbonyl (C=O) groups is 1. The number of nitrogens with one attached hydrogen (secondary N) is 1. The first-order valence-electron chi connectivity index (χ1n) is 5.90. The number of hydrogen-bond donors (Lipinski definition) is 1. The molecule has 0 radical (unpaired) electrons. The molecule has 1 amide bonds. The van der Waals surface area contributed by atoms with E-state index < -0.39 is 16.6 Å². The van der Waals surface area contributed by atoms with Gasteiger partial charge in [-0.15, -0.1) is 0 Å². The number of nitro groups is 1. The molecule has 0 aliphatic rings. The van der Waals surface area contributed by atoms with E-state index in [1.54, 1.807) is 6.92 Å². The van der Waals surface area contributed by atoms with Crippen LogP contribution in [-0.4, -0.2) is 10.8 Å². The van der Waals surface area contributed by atoms with Gasteiger partial charge in [-0.2, -0.15) is 0 Å². The van der Waals surface area contributed by atoms with E-state index in [2.05, 4.69) is 5.32 Å². The molecule has 0 aliphatic carbocycles. The SMILES string of the molecule is Cc1ccc(C(=O)Nc2ccc(F)cc2Cl)cc1[N+](=O)[O-]. The molecule has 0 heterocycles. The van der Waals surface area contributed by atoms with Crippen molar-refractivity contribution in [2.75, 3.05) is 5.32 Å². The molecule has 0 aliphatic heterocycles. The maximum absolute atomic E-state index is 12.9. The number of carbonyl (C=O) groups excluding carboxylic acids is 1. The maximum atomic E-state index is 12.9. The van der Waals surface area contributed by atoms with Crippen molar-refractivity contribution in [3.8, 4) is 0 Å². The highest BCUT2D eigenvalue weighted by Gasteiger charge is 2.15. The van der Waals surface area contributed by atoms with E-state index in [0.717, 1.165) is 12.1 Å². The lowest BCUT2D eigenvalue weighted by Gasteiger charge is -2.07. The Labute approximate surface area is 124 Å². The van der Waals surface area contributed by atoms with Crippen LogP contribution in [0.2, 0.25) is 5.02 Å². The van der Waals surface area contributed by atoms with Gasteiger partial charge in [-0.1, -0.05) is 17.7 Å². The van der Waals surface area contributed by atoms with Crippen LogP contribution in [0.1, 0.15) is 15.9 Å². The Bertz CT molecular complexity index is 734. The molecule has 108 valence electrons. The largest absolute Gasteiger partial charge is 0.321 e. The summed E-state index contributed by atoms with van der Waals surface area (Å²) in [7, 11) is 0. The van der Waals surface area contributed by atoms with Gasteiger partial charge in [0.05, 0.1) is 15.6 Å². The molecule has 5 nitrogen and oxygen atoms in total. The second-order valence-electron chi connectivity index (χ2n) is 4.34. The summed E-state index contributed by atoms with van der Waals surface area (Å²) in [5.41, 5.74) is 0.656. The molecule has 2 aromatic carbocycles. The summed E-state index contributed by atoms with van der Waals surface area (Å²) in [4.78, 5) is 22.4. The Hall–Kier alpha value is -2.47. The van der Waals surface area contributed by atoms with E-state index in [4.69, 9.17) is 11.6 Å². The number of aryl methyl sites for hydroxylation is 1. The highest BCUT2D eigenvalue weighted by Crippen LogP contribution is 2.24. The smallest absolute Gasteiger partial charge is 0.273 e. The Balaban J connectivity index is 2.28. The average molecular weight is 309 g/mol. The van der Waals surface area contributed by atoms with Gasteiger partial charge >= 0.3 is 0 Å². The summed E-state index contributed by atoms with van der Waals surface area (Å²) in [5, 5.41) is 13.4. The minimum atomic E-state index is -0.563. The molecule has 2 rings (SSSR count). The van der Waals surface area contributed by atoms with Crippen molar-refractivity contribution >= 4 is 28.9 Å². The zero-order chi connectivity index (χ0) is 15.6. The predicted octanol–water partition coefficient (Wildman–Crippen LogP) is 3.95. The summed E-state index contributed by atoms with van der Waals surface area (Å²) < 4.78 is 12.9. The molecule has 21 heavy (non-hydrogen) atoms. The van der Waals surface area contributed by atoms with Gasteiger partial charge in [0.15, 0.2) is 0 Å². The van der Waals surface area contributed by atoms with E-state index in [1.807, 2.05) is 0 Å². The fraction of sp³-hybridized carbons (Fsp3) is 0.0714. The van der Waals surface area contributed by atoms with Crippen LogP contribution in [0.15, 0.2) is 36.4 Å². The van der Waals surface area contributed by atoms with Crippen LogP contribution in [0.3, 0.4) is 0 Å². The molecule has 2 aromatic rings. The number of hydrogen-bond acceptors (Lipinski definition) is 3. The maximum Gasteiger partial charge on any atom is 0.273 e. The number of nitro benzene ring substituents is 1. The van der Waals surface area contributed by atoms with Crippen molar-refractivity contribution in [2.24, 2.45) is 0 Å². The van der Waals surface area contributed by atoms with E-state index in [1.165, 1.54) is 24.3 Å². The molecular formula is C14H10ClFN2O3. The molecule has 0 aromatic heterocycles. The van der Waals surface area contributed by atoms with Gasteiger partial charge in [-0.05, 0) is 31.2 Å². The van der Waals surface area contributed by atoms with Gasteiger partial charge in [0.1, 0.15) is 5.82 Å². The topological polar surface area (TPSA) is 72.2 Å². The molecule has 0 unspecified atom stereocenters. The minimum Gasteiger partial charge on any atom is -0.321 e. The van der Waals surface area contributed by atoms with E-state index in [0.29, 0.717) is 5.56 Å². The van der Waals surface area contributed by atoms with Gasteiger partial charge < -0.3 is 5.32 Å². The van der Waals surface area contributed by atoms with Crippen LogP contribution in [0.5, 0.6) is 0 Å². The van der Waals surface area contributed by atoms with Crippen LogP contribution in [0, 0.1) is 22.9 Å². The number of nitrogens with zero attached hydrogens (tertiary/aromatic N) is 1. The Morgan fingerprint density at radius 3 is 2.62 bits per heavy atom. The first-order chi connectivity index (χ1) is 9.88. The molecule has 0 fully saturated rings. The predicted molar refractivity (Wildman–Crippen MR) is 77.2 cm³/mol. The standard InChI is InChI=1S/C14H10ClFN2O3/c1-8-2-3-9(6-13(8)18(20)21)14(19)17-12-5-4-10(16)7-11(12)15/h2-7H,1H3,(H,17,19). The third-order valence-corrected chi connectivity index (χ3v) is 3.16. The van der Waals surface area contributed by atoms with Crippen molar-refractivity contribution in [3.05, 3.63) is 68.5 Å². The van der Waals surface area contributed by atoms with Crippen molar-refractivity contribution in [2.45, 2.75) is 6.92 Å². The lowest BCUT2D eigenvalue weighted by Crippen LogP contribution is -2.12. The molecule has 1 N–H and O–H groups in total. The number of halogens is 2. The lowest BCUT2D eigenvalue weighted by molar-refractivity contribution is -0.385. The molecule has 0 spiro atoms. The molecule has 7 heteroatoms. The monoisotopic (exact) mass is 308 g/mol. The van der Waals surface area contributed by atoms with Gasteiger partial charge in [-0.3, -0.25) is 14.9 Å². The van der Waals surface area contributed by atoms with E-state index in [-0.39, 0.29) is 22.0 Å². The third kappa shape index (κ3) is 3.35. The zero-order valence-electron chi connectivity index (χ0n) is 10.9. The van der Waals surface area contributed by atoms with Gasteiger partial charge in [0.25, 0.3) is 11.6 Å². The van der Waals surface area contributed by atoms with Gasteiger partial charge in [-0.25, -0.2) is 4.39 Å². The molecule has 0 atom stereocenters. The molecule has 0 saturated carbocycles. The fourth-order valence-electron chi connectivity index (χ4n) is 1.73. The molecule has 0 bridgehead atoms. The quantitative estimate of drug-likeness (QED) is 0.689. The van der Waals surface area contributed by atoms with E-state index >= 15 is 0 Å². The Morgan fingerprint density at radius 2 is 2.00 bits per heavy atom.